The van der Waals surface area contributed by atoms with Gasteiger partial charge in [0.1, 0.15) is 16.8 Å². The van der Waals surface area contributed by atoms with E-state index in [1.165, 1.54) is 36.7 Å². The third-order valence-corrected chi connectivity index (χ3v) is 5.99. The molecule has 2 aromatic carbocycles. The number of hydrogen-bond donors (Lipinski definition) is 1. The van der Waals surface area contributed by atoms with Gasteiger partial charge in [-0.15, -0.1) is 11.8 Å². The molecule has 138 valence electrons. The van der Waals surface area contributed by atoms with Gasteiger partial charge in [-0.25, -0.2) is 4.39 Å². The molecule has 5 heteroatoms. The van der Waals surface area contributed by atoms with E-state index in [1.807, 2.05) is 31.2 Å². The Morgan fingerprint density at radius 1 is 1.23 bits per heavy atom. The van der Waals surface area contributed by atoms with Crippen molar-refractivity contribution >= 4 is 17.7 Å². The predicted octanol–water partition coefficient (Wildman–Crippen LogP) is 5.77. The van der Waals surface area contributed by atoms with Crippen molar-refractivity contribution in [1.29, 1.82) is 0 Å². The first-order valence-electron chi connectivity index (χ1n) is 9.03. The quantitative estimate of drug-likeness (QED) is 0.625. The summed E-state index contributed by atoms with van der Waals surface area (Å²) in [5.74, 6) is -0.399. The molecule has 1 aliphatic carbocycles. The van der Waals surface area contributed by atoms with E-state index in [9.17, 15) is 14.3 Å². The lowest BCUT2D eigenvalue weighted by Crippen LogP contribution is -2.14. The maximum Gasteiger partial charge on any atom is 0.316 e. The second-order valence-corrected chi connectivity index (χ2v) is 7.82. The summed E-state index contributed by atoms with van der Waals surface area (Å²) in [7, 11) is 0. The largest absolute Gasteiger partial charge is 0.490 e. The number of benzene rings is 2. The first-order valence-corrected chi connectivity index (χ1v) is 9.91. The van der Waals surface area contributed by atoms with E-state index in [0.717, 1.165) is 28.9 Å². The second kappa shape index (κ2) is 8.58. The van der Waals surface area contributed by atoms with Gasteiger partial charge in [0.05, 0.1) is 6.10 Å². The Bertz CT molecular complexity index is 754. The highest BCUT2D eigenvalue weighted by molar-refractivity contribution is 8.00. The van der Waals surface area contributed by atoms with Crippen LogP contribution in [0.5, 0.6) is 5.75 Å². The van der Waals surface area contributed by atoms with Crippen LogP contribution < -0.4 is 4.74 Å². The van der Waals surface area contributed by atoms with E-state index in [1.54, 1.807) is 6.07 Å². The summed E-state index contributed by atoms with van der Waals surface area (Å²) in [4.78, 5) is 12.1. The molecule has 0 bridgehead atoms. The van der Waals surface area contributed by atoms with Gasteiger partial charge in [0, 0.05) is 10.5 Å². The first kappa shape index (κ1) is 18.8. The monoisotopic (exact) mass is 374 g/mol. The van der Waals surface area contributed by atoms with Gasteiger partial charge in [0.15, 0.2) is 0 Å². The lowest BCUT2D eigenvalue weighted by Gasteiger charge is -2.17. The van der Waals surface area contributed by atoms with Crippen molar-refractivity contribution < 1.29 is 19.0 Å². The van der Waals surface area contributed by atoms with Crippen LogP contribution in [0, 0.1) is 5.82 Å². The number of hydrogen-bond acceptors (Lipinski definition) is 3. The molecule has 26 heavy (non-hydrogen) atoms. The van der Waals surface area contributed by atoms with Crippen LogP contribution in [0.1, 0.15) is 39.0 Å². The number of carboxylic acid groups (broad SMARTS) is 1. The topological polar surface area (TPSA) is 46.5 Å². The van der Waals surface area contributed by atoms with Crippen molar-refractivity contribution in [2.45, 2.75) is 55.3 Å². The Kier molecular flexibility index (Phi) is 6.20. The molecule has 3 nitrogen and oxygen atoms in total. The minimum Gasteiger partial charge on any atom is -0.490 e. The Balaban J connectivity index is 1.81. The fourth-order valence-corrected chi connectivity index (χ4v) is 4.09. The van der Waals surface area contributed by atoms with E-state index in [0.29, 0.717) is 12.2 Å². The maximum atomic E-state index is 13.8. The highest BCUT2D eigenvalue weighted by Crippen LogP contribution is 2.35. The van der Waals surface area contributed by atoms with Crippen LogP contribution in [0.15, 0.2) is 47.4 Å². The Morgan fingerprint density at radius 2 is 1.92 bits per heavy atom. The number of rotatable bonds is 7. The normalized spacial score (nSPS) is 15.8. The lowest BCUT2D eigenvalue weighted by atomic mass is 10.0. The van der Waals surface area contributed by atoms with E-state index < -0.39 is 11.2 Å². The molecule has 1 aliphatic rings. The molecule has 0 saturated heterocycles. The maximum absolute atomic E-state index is 13.8. The minimum absolute atomic E-state index is 0.204. The molecule has 0 spiro atoms. The van der Waals surface area contributed by atoms with Crippen molar-refractivity contribution in [3.05, 3.63) is 48.3 Å². The average molecular weight is 374 g/mol. The van der Waals surface area contributed by atoms with Crippen molar-refractivity contribution in [2.75, 3.05) is 0 Å². The Labute approximate surface area is 157 Å². The third-order valence-electron chi connectivity index (χ3n) is 4.63. The molecule has 0 heterocycles. The molecule has 1 unspecified atom stereocenters. The molecule has 1 fully saturated rings. The molecular formula is C21H23FO3S. The number of aliphatic carboxylic acids is 1. The first-order chi connectivity index (χ1) is 12.6. The molecule has 1 atom stereocenters. The van der Waals surface area contributed by atoms with Gasteiger partial charge in [0.25, 0.3) is 0 Å². The van der Waals surface area contributed by atoms with Gasteiger partial charge in [-0.3, -0.25) is 4.79 Å². The van der Waals surface area contributed by atoms with Gasteiger partial charge in [0.2, 0.25) is 0 Å². The van der Waals surface area contributed by atoms with E-state index >= 15 is 0 Å². The summed E-state index contributed by atoms with van der Waals surface area (Å²) in [5.41, 5.74) is 1.60. The lowest BCUT2D eigenvalue weighted by molar-refractivity contribution is -0.136. The average Bonchev–Trinajstić information content (AvgIpc) is 3.14. The summed E-state index contributed by atoms with van der Waals surface area (Å²) in [6.07, 6.45) is 5.20. The number of ether oxygens (including phenoxy) is 1. The molecule has 1 N–H and O–H groups in total. The van der Waals surface area contributed by atoms with Crippen molar-refractivity contribution in [2.24, 2.45) is 0 Å². The number of thioether (sulfide) groups is 1. The standard InChI is InChI=1S/C21H23FO3S/c1-2-20(21(23)24)26-17-10-7-14(8-11-17)18-13-15(22)9-12-19(18)25-16-5-3-4-6-16/h7-13,16,20H,2-6H2,1H3,(H,23,24). The van der Waals surface area contributed by atoms with Crippen LogP contribution >= 0.6 is 11.8 Å². The van der Waals surface area contributed by atoms with E-state index in [-0.39, 0.29) is 11.9 Å². The van der Waals surface area contributed by atoms with Crippen LogP contribution in [0.25, 0.3) is 11.1 Å². The van der Waals surface area contributed by atoms with Crippen molar-refractivity contribution in [3.63, 3.8) is 0 Å². The van der Waals surface area contributed by atoms with Gasteiger partial charge < -0.3 is 9.84 Å². The van der Waals surface area contributed by atoms with Crippen LogP contribution in [-0.2, 0) is 4.79 Å². The fraction of sp³-hybridized carbons (Fsp3) is 0.381. The molecular weight excluding hydrogens is 351 g/mol. The van der Waals surface area contributed by atoms with Crippen LogP contribution in [0.2, 0.25) is 0 Å². The zero-order chi connectivity index (χ0) is 18.5. The molecule has 1 saturated carbocycles. The van der Waals surface area contributed by atoms with E-state index in [2.05, 4.69) is 0 Å². The van der Waals surface area contributed by atoms with Gasteiger partial charge >= 0.3 is 5.97 Å². The summed E-state index contributed by atoms with van der Waals surface area (Å²) >= 11 is 1.33. The fourth-order valence-electron chi connectivity index (χ4n) is 3.20. The van der Waals surface area contributed by atoms with Crippen molar-refractivity contribution in [3.8, 4) is 16.9 Å². The smallest absolute Gasteiger partial charge is 0.316 e. The van der Waals surface area contributed by atoms with Crippen LogP contribution in [0.4, 0.5) is 4.39 Å². The molecule has 0 radical (unpaired) electrons. The van der Waals surface area contributed by atoms with Gasteiger partial charge in [-0.05, 0) is 68.0 Å². The summed E-state index contributed by atoms with van der Waals surface area (Å²) in [6, 6.07) is 12.2. The number of carboxylic acids is 1. The third kappa shape index (κ3) is 4.58. The number of halogens is 1. The SMILES string of the molecule is CCC(Sc1ccc(-c2cc(F)ccc2OC2CCCC2)cc1)C(=O)O. The molecule has 0 amide bonds. The molecule has 2 aromatic rings. The van der Waals surface area contributed by atoms with Crippen LogP contribution in [0.3, 0.4) is 0 Å². The zero-order valence-electron chi connectivity index (χ0n) is 14.8. The molecule has 0 aromatic heterocycles. The Morgan fingerprint density at radius 3 is 2.54 bits per heavy atom. The van der Waals surface area contributed by atoms with Gasteiger partial charge in [-0.2, -0.15) is 0 Å². The predicted molar refractivity (Wildman–Crippen MR) is 102 cm³/mol. The molecule has 0 aliphatic heterocycles. The zero-order valence-corrected chi connectivity index (χ0v) is 15.6. The molecule has 3 rings (SSSR count). The minimum atomic E-state index is -0.807. The van der Waals surface area contributed by atoms with Crippen molar-refractivity contribution in [1.82, 2.24) is 0 Å². The second-order valence-electron chi connectivity index (χ2n) is 6.54. The Hall–Kier alpha value is -2.01. The highest BCUT2D eigenvalue weighted by Gasteiger charge is 2.19. The summed E-state index contributed by atoms with van der Waals surface area (Å²) in [5, 5.41) is 8.73. The summed E-state index contributed by atoms with van der Waals surface area (Å²) in [6.45, 7) is 1.86. The number of carbonyl (C=O) groups is 1. The van der Waals surface area contributed by atoms with E-state index in [4.69, 9.17) is 4.74 Å². The summed E-state index contributed by atoms with van der Waals surface area (Å²) < 4.78 is 19.9. The van der Waals surface area contributed by atoms with Gasteiger partial charge in [-0.1, -0.05) is 19.1 Å². The van der Waals surface area contributed by atoms with Crippen LogP contribution in [-0.4, -0.2) is 22.4 Å². The highest BCUT2D eigenvalue weighted by atomic mass is 32.2.